The molecule has 0 saturated carbocycles. The van der Waals surface area contributed by atoms with E-state index in [1.807, 2.05) is 12.1 Å². The minimum atomic E-state index is -0.519. The van der Waals surface area contributed by atoms with Crippen LogP contribution < -0.4 is 11.1 Å². The van der Waals surface area contributed by atoms with E-state index in [0.29, 0.717) is 5.69 Å². The standard InChI is InChI=1S/C11H9Br2N3O2S/c12-5-1-2-7(6(13)3-5)15-9(17)4-8-10(18)16-11(14)19-8/h1-3,8H,4H2,(H,15,17)(H2,14,16,18). The van der Waals surface area contributed by atoms with Crippen LogP contribution in [0.2, 0.25) is 0 Å². The topological polar surface area (TPSA) is 84.5 Å². The average Bonchev–Trinajstić information content (AvgIpc) is 2.61. The smallest absolute Gasteiger partial charge is 0.262 e. The summed E-state index contributed by atoms with van der Waals surface area (Å²) in [7, 11) is 0. The second-order valence-electron chi connectivity index (χ2n) is 3.77. The van der Waals surface area contributed by atoms with Gasteiger partial charge in [-0.15, -0.1) is 0 Å². The summed E-state index contributed by atoms with van der Waals surface area (Å²) in [5.74, 6) is -0.605. The molecule has 100 valence electrons. The molecule has 1 aromatic carbocycles. The molecule has 0 bridgehead atoms. The molecule has 1 atom stereocenters. The zero-order chi connectivity index (χ0) is 14.0. The summed E-state index contributed by atoms with van der Waals surface area (Å²) in [4.78, 5) is 26.8. The van der Waals surface area contributed by atoms with Crippen molar-refractivity contribution >= 4 is 66.3 Å². The number of rotatable bonds is 3. The fraction of sp³-hybridized carbons (Fsp3) is 0.182. The highest BCUT2D eigenvalue weighted by molar-refractivity contribution is 9.11. The molecule has 1 unspecified atom stereocenters. The van der Waals surface area contributed by atoms with Gasteiger partial charge in [0.15, 0.2) is 5.17 Å². The number of hydrogen-bond donors (Lipinski definition) is 2. The van der Waals surface area contributed by atoms with Gasteiger partial charge in [0.2, 0.25) is 5.91 Å². The molecule has 0 spiro atoms. The highest BCUT2D eigenvalue weighted by Crippen LogP contribution is 2.27. The third-order valence-electron chi connectivity index (χ3n) is 2.33. The zero-order valence-electron chi connectivity index (χ0n) is 9.52. The highest BCUT2D eigenvalue weighted by atomic mass is 79.9. The van der Waals surface area contributed by atoms with Crippen LogP contribution in [0, 0.1) is 0 Å². The number of aliphatic imine (C=N–C) groups is 1. The summed E-state index contributed by atoms with van der Waals surface area (Å²) in [5, 5.41) is 2.43. The molecule has 1 aromatic rings. The van der Waals surface area contributed by atoms with E-state index in [1.165, 1.54) is 0 Å². The van der Waals surface area contributed by atoms with Gasteiger partial charge < -0.3 is 11.1 Å². The first-order valence-corrected chi connectivity index (χ1v) is 7.72. The number of halogens is 2. The van der Waals surface area contributed by atoms with E-state index in [4.69, 9.17) is 5.73 Å². The van der Waals surface area contributed by atoms with Gasteiger partial charge in [0, 0.05) is 15.4 Å². The van der Waals surface area contributed by atoms with Gasteiger partial charge >= 0.3 is 0 Å². The van der Waals surface area contributed by atoms with Crippen LogP contribution in [-0.2, 0) is 9.59 Å². The van der Waals surface area contributed by atoms with Gasteiger partial charge in [-0.25, -0.2) is 0 Å². The Morgan fingerprint density at radius 2 is 2.21 bits per heavy atom. The van der Waals surface area contributed by atoms with Crippen molar-refractivity contribution in [2.45, 2.75) is 11.7 Å². The fourth-order valence-corrected chi connectivity index (χ4v) is 3.46. The van der Waals surface area contributed by atoms with E-state index in [0.717, 1.165) is 20.7 Å². The quantitative estimate of drug-likeness (QED) is 0.807. The van der Waals surface area contributed by atoms with Gasteiger partial charge in [-0.1, -0.05) is 27.7 Å². The predicted octanol–water partition coefficient (Wildman–Crippen LogP) is 2.50. The summed E-state index contributed by atoms with van der Waals surface area (Å²) in [5.41, 5.74) is 6.08. The summed E-state index contributed by atoms with van der Waals surface area (Å²) < 4.78 is 1.66. The Morgan fingerprint density at radius 1 is 1.47 bits per heavy atom. The lowest BCUT2D eigenvalue weighted by Crippen LogP contribution is -2.21. The van der Waals surface area contributed by atoms with Gasteiger partial charge in [-0.3, -0.25) is 9.59 Å². The zero-order valence-corrected chi connectivity index (χ0v) is 13.5. The lowest BCUT2D eigenvalue weighted by molar-refractivity contribution is -0.121. The molecule has 8 heteroatoms. The van der Waals surface area contributed by atoms with Gasteiger partial charge in [0.25, 0.3) is 5.91 Å². The normalized spacial score (nSPS) is 18.3. The van der Waals surface area contributed by atoms with Crippen LogP contribution in [0.1, 0.15) is 6.42 Å². The predicted molar refractivity (Wildman–Crippen MR) is 83.1 cm³/mol. The summed E-state index contributed by atoms with van der Waals surface area (Å²) in [6, 6.07) is 5.41. The van der Waals surface area contributed by atoms with E-state index in [2.05, 4.69) is 42.2 Å². The fourth-order valence-electron chi connectivity index (χ4n) is 1.49. The SMILES string of the molecule is NC1=NC(=O)C(CC(=O)Nc2ccc(Br)cc2Br)S1. The van der Waals surface area contributed by atoms with Crippen molar-refractivity contribution in [2.75, 3.05) is 5.32 Å². The Balaban J connectivity index is 1.97. The van der Waals surface area contributed by atoms with Crippen molar-refractivity contribution in [2.24, 2.45) is 10.7 Å². The maximum Gasteiger partial charge on any atom is 0.262 e. The summed E-state index contributed by atoms with van der Waals surface area (Å²) in [6.07, 6.45) is 0.0518. The van der Waals surface area contributed by atoms with Crippen molar-refractivity contribution in [3.8, 4) is 0 Å². The first-order valence-electron chi connectivity index (χ1n) is 5.25. The van der Waals surface area contributed by atoms with E-state index in [-0.39, 0.29) is 23.4 Å². The largest absolute Gasteiger partial charge is 0.378 e. The maximum absolute atomic E-state index is 11.9. The number of hydrogen-bond acceptors (Lipinski definition) is 4. The number of amidine groups is 1. The van der Waals surface area contributed by atoms with Crippen LogP contribution in [0.3, 0.4) is 0 Å². The van der Waals surface area contributed by atoms with Crippen molar-refractivity contribution in [1.29, 1.82) is 0 Å². The molecule has 1 heterocycles. The maximum atomic E-state index is 11.9. The van der Waals surface area contributed by atoms with Crippen molar-refractivity contribution in [1.82, 2.24) is 0 Å². The average molecular weight is 407 g/mol. The van der Waals surface area contributed by atoms with Crippen molar-refractivity contribution < 1.29 is 9.59 Å². The van der Waals surface area contributed by atoms with Crippen LogP contribution in [-0.4, -0.2) is 22.2 Å². The van der Waals surface area contributed by atoms with Crippen LogP contribution in [0.25, 0.3) is 0 Å². The molecular weight excluding hydrogens is 398 g/mol. The molecule has 0 aromatic heterocycles. The Bertz CT molecular complexity index is 577. The number of nitrogens with zero attached hydrogens (tertiary/aromatic N) is 1. The summed E-state index contributed by atoms with van der Waals surface area (Å²) in [6.45, 7) is 0. The van der Waals surface area contributed by atoms with E-state index >= 15 is 0 Å². The Kier molecular flexibility index (Phi) is 4.64. The number of carbonyl (C=O) groups excluding carboxylic acids is 2. The molecule has 1 aliphatic heterocycles. The Labute approximate surface area is 130 Å². The van der Waals surface area contributed by atoms with Crippen molar-refractivity contribution in [3.05, 3.63) is 27.1 Å². The summed E-state index contributed by atoms with van der Waals surface area (Å²) >= 11 is 7.80. The number of nitrogens with two attached hydrogens (primary N) is 1. The molecule has 2 rings (SSSR count). The number of anilines is 1. The Hall–Kier alpha value is -0.860. The molecule has 0 saturated heterocycles. The molecule has 1 aliphatic rings. The monoisotopic (exact) mass is 405 g/mol. The molecule has 19 heavy (non-hydrogen) atoms. The van der Waals surface area contributed by atoms with Crippen LogP contribution in [0.15, 0.2) is 32.1 Å². The highest BCUT2D eigenvalue weighted by Gasteiger charge is 2.29. The number of thioether (sulfide) groups is 1. The molecular formula is C11H9Br2N3O2S. The second-order valence-corrected chi connectivity index (χ2v) is 6.76. The molecule has 0 radical (unpaired) electrons. The van der Waals surface area contributed by atoms with Gasteiger partial charge in [0.05, 0.1) is 5.69 Å². The Morgan fingerprint density at radius 3 is 2.79 bits per heavy atom. The second kappa shape index (κ2) is 6.06. The van der Waals surface area contributed by atoms with Crippen LogP contribution in [0.5, 0.6) is 0 Å². The first-order chi connectivity index (χ1) is 8.95. The molecule has 5 nitrogen and oxygen atoms in total. The molecule has 0 fully saturated rings. The van der Waals surface area contributed by atoms with E-state index in [1.54, 1.807) is 6.07 Å². The van der Waals surface area contributed by atoms with Gasteiger partial charge in [-0.2, -0.15) is 4.99 Å². The molecule has 0 aliphatic carbocycles. The lowest BCUT2D eigenvalue weighted by atomic mass is 10.2. The minimum absolute atomic E-state index is 0.0518. The van der Waals surface area contributed by atoms with Gasteiger partial charge in [-0.05, 0) is 34.1 Å². The van der Waals surface area contributed by atoms with Crippen LogP contribution >= 0.6 is 43.6 Å². The first kappa shape index (κ1) is 14.5. The lowest BCUT2D eigenvalue weighted by Gasteiger charge is -2.09. The van der Waals surface area contributed by atoms with Gasteiger partial charge in [0.1, 0.15) is 5.25 Å². The number of benzene rings is 1. The number of amides is 2. The third-order valence-corrected chi connectivity index (χ3v) is 4.47. The molecule has 2 amide bonds. The number of carbonyl (C=O) groups is 2. The van der Waals surface area contributed by atoms with Crippen LogP contribution in [0.4, 0.5) is 5.69 Å². The minimum Gasteiger partial charge on any atom is -0.378 e. The third kappa shape index (κ3) is 3.80. The van der Waals surface area contributed by atoms with E-state index in [9.17, 15) is 9.59 Å². The van der Waals surface area contributed by atoms with Crippen molar-refractivity contribution in [3.63, 3.8) is 0 Å². The number of nitrogens with one attached hydrogen (secondary N) is 1. The van der Waals surface area contributed by atoms with E-state index < -0.39 is 5.25 Å². The molecule has 3 N–H and O–H groups in total.